The molecule has 0 radical (unpaired) electrons. The van der Waals surface area contributed by atoms with Gasteiger partial charge < -0.3 is 14.2 Å². The Morgan fingerprint density at radius 1 is 1.10 bits per heavy atom. The Labute approximate surface area is 170 Å². The van der Waals surface area contributed by atoms with Crippen molar-refractivity contribution in [3.8, 4) is 17.2 Å². The Morgan fingerprint density at radius 2 is 1.79 bits per heavy atom. The molecule has 152 valence electrons. The summed E-state index contributed by atoms with van der Waals surface area (Å²) in [7, 11) is 3.95. The lowest BCUT2D eigenvalue weighted by atomic mass is 10.1. The Balaban J connectivity index is 2.09. The summed E-state index contributed by atoms with van der Waals surface area (Å²) in [6.07, 6.45) is 0. The van der Waals surface area contributed by atoms with Crippen molar-refractivity contribution in [2.24, 2.45) is 0 Å². The molecule has 1 N–H and O–H groups in total. The molecule has 2 aromatic carbocycles. The van der Waals surface area contributed by atoms with Gasteiger partial charge >= 0.3 is 5.69 Å². The van der Waals surface area contributed by atoms with Crippen LogP contribution in [0.15, 0.2) is 18.2 Å². The number of aryl methyl sites for hydroxylation is 2. The molecule has 0 atom stereocenters. The topological polar surface area (TPSA) is 113 Å². The first-order chi connectivity index (χ1) is 13.8. The Kier molecular flexibility index (Phi) is 5.55. The molecule has 9 nitrogen and oxygen atoms in total. The zero-order valence-corrected chi connectivity index (χ0v) is 17.3. The number of nitrogens with zero attached hydrogens (tertiary/aromatic N) is 2. The van der Waals surface area contributed by atoms with Gasteiger partial charge in [0.1, 0.15) is 5.56 Å². The molecule has 29 heavy (non-hydrogen) atoms. The lowest BCUT2D eigenvalue weighted by Gasteiger charge is -2.14. The summed E-state index contributed by atoms with van der Waals surface area (Å²) in [5.74, 6) is -0.734. The predicted octanol–water partition coefficient (Wildman–Crippen LogP) is 4.10. The maximum Gasteiger partial charge on any atom is 0.327 e. The molecule has 10 heteroatoms. The van der Waals surface area contributed by atoms with Crippen molar-refractivity contribution in [3.05, 3.63) is 45.0 Å². The van der Waals surface area contributed by atoms with Gasteiger partial charge in [-0.2, -0.15) is 0 Å². The smallest absolute Gasteiger partial charge is 0.327 e. The number of carbonyl (C=O) groups is 1. The van der Waals surface area contributed by atoms with Gasteiger partial charge in [0.15, 0.2) is 10.9 Å². The minimum atomic E-state index is -0.704. The van der Waals surface area contributed by atoms with Crippen LogP contribution in [-0.4, -0.2) is 37.1 Å². The molecule has 0 aliphatic carbocycles. The SMILES string of the molecule is COc1cc(C(=O)Nc2nc3c(C)cc(C)cc3s2)c([N+](=O)[O-])c(OC)c1OC. The van der Waals surface area contributed by atoms with Crippen molar-refractivity contribution in [1.82, 2.24) is 4.98 Å². The van der Waals surface area contributed by atoms with Gasteiger partial charge in [-0.3, -0.25) is 20.2 Å². The van der Waals surface area contributed by atoms with Crippen molar-refractivity contribution in [2.75, 3.05) is 26.6 Å². The molecule has 1 heterocycles. The number of thiazole rings is 1. The van der Waals surface area contributed by atoms with E-state index in [-0.39, 0.29) is 22.8 Å². The Morgan fingerprint density at radius 3 is 2.38 bits per heavy atom. The van der Waals surface area contributed by atoms with Gasteiger partial charge in [-0.15, -0.1) is 0 Å². The number of rotatable bonds is 6. The van der Waals surface area contributed by atoms with Crippen molar-refractivity contribution in [1.29, 1.82) is 0 Å². The van der Waals surface area contributed by atoms with Gasteiger partial charge in [0, 0.05) is 6.07 Å². The number of aromatic nitrogens is 1. The molecule has 0 saturated carbocycles. The fourth-order valence-corrected chi connectivity index (χ4v) is 4.12. The summed E-state index contributed by atoms with van der Waals surface area (Å²) >= 11 is 1.29. The fourth-order valence-electron chi connectivity index (χ4n) is 3.08. The quantitative estimate of drug-likeness (QED) is 0.474. The summed E-state index contributed by atoms with van der Waals surface area (Å²) in [6, 6.07) is 5.22. The highest BCUT2D eigenvalue weighted by atomic mass is 32.1. The summed E-state index contributed by atoms with van der Waals surface area (Å²) in [5.41, 5.74) is 2.09. The molecule has 3 aromatic rings. The van der Waals surface area contributed by atoms with Gasteiger partial charge in [-0.25, -0.2) is 4.98 Å². The highest BCUT2D eigenvalue weighted by Gasteiger charge is 2.32. The number of hydrogen-bond donors (Lipinski definition) is 1. The predicted molar refractivity (Wildman–Crippen MR) is 110 cm³/mol. The van der Waals surface area contributed by atoms with E-state index in [1.165, 1.54) is 38.7 Å². The van der Waals surface area contributed by atoms with Crippen molar-refractivity contribution >= 4 is 38.3 Å². The largest absolute Gasteiger partial charge is 0.493 e. The average molecular weight is 417 g/mol. The number of ether oxygens (including phenoxy) is 3. The molecule has 0 aliphatic rings. The van der Waals surface area contributed by atoms with Crippen molar-refractivity contribution in [2.45, 2.75) is 13.8 Å². The first-order valence-electron chi connectivity index (χ1n) is 8.47. The van der Waals surface area contributed by atoms with E-state index in [0.29, 0.717) is 5.13 Å². The molecule has 0 aliphatic heterocycles. The van der Waals surface area contributed by atoms with Gasteiger partial charge in [0.25, 0.3) is 5.91 Å². The van der Waals surface area contributed by atoms with Gasteiger partial charge in [0.05, 0.1) is 36.5 Å². The number of amides is 1. The number of nitro groups is 1. The van der Waals surface area contributed by atoms with Gasteiger partial charge in [-0.05, 0) is 31.0 Å². The van der Waals surface area contributed by atoms with E-state index >= 15 is 0 Å². The van der Waals surface area contributed by atoms with Crippen molar-refractivity contribution < 1.29 is 23.9 Å². The Bertz CT molecular complexity index is 1130. The number of anilines is 1. The molecule has 3 rings (SSSR count). The zero-order chi connectivity index (χ0) is 21.3. The van der Waals surface area contributed by atoms with Crippen LogP contribution in [0.2, 0.25) is 0 Å². The van der Waals surface area contributed by atoms with E-state index in [4.69, 9.17) is 14.2 Å². The second kappa shape index (κ2) is 7.92. The number of nitrogens with one attached hydrogen (secondary N) is 1. The number of carbonyl (C=O) groups excluding carboxylic acids is 1. The molecule has 0 bridgehead atoms. The second-order valence-electron chi connectivity index (χ2n) is 6.20. The normalized spacial score (nSPS) is 10.7. The van der Waals surface area contributed by atoms with Gasteiger partial charge in [0.2, 0.25) is 11.5 Å². The maximum absolute atomic E-state index is 12.9. The highest BCUT2D eigenvalue weighted by Crippen LogP contribution is 2.46. The van der Waals surface area contributed by atoms with Crippen LogP contribution in [0.1, 0.15) is 21.5 Å². The molecule has 1 amide bonds. The standard InChI is InChI=1S/C19H19N3O6S/c1-9-6-10(2)14-13(7-9)29-19(20-14)21-18(23)11-8-12(26-3)16(27-4)17(28-5)15(11)22(24)25/h6-8H,1-5H3,(H,20,21,23). The number of fused-ring (bicyclic) bond motifs is 1. The third-order valence-corrected chi connectivity index (χ3v) is 5.20. The van der Waals surface area contributed by atoms with E-state index in [1.54, 1.807) is 0 Å². The van der Waals surface area contributed by atoms with Crippen LogP contribution in [-0.2, 0) is 0 Å². The minimum absolute atomic E-state index is 0.0318. The molecule has 0 saturated heterocycles. The van der Waals surface area contributed by atoms with Crippen LogP contribution in [0.3, 0.4) is 0 Å². The number of benzene rings is 2. The molecule has 1 aromatic heterocycles. The van der Waals surface area contributed by atoms with Gasteiger partial charge in [-0.1, -0.05) is 17.4 Å². The first-order valence-corrected chi connectivity index (χ1v) is 9.28. The minimum Gasteiger partial charge on any atom is -0.493 e. The average Bonchev–Trinajstić information content (AvgIpc) is 3.08. The third-order valence-electron chi connectivity index (χ3n) is 4.28. The van der Waals surface area contributed by atoms with Crippen LogP contribution in [0.5, 0.6) is 17.2 Å². The van der Waals surface area contributed by atoms with E-state index in [9.17, 15) is 14.9 Å². The van der Waals surface area contributed by atoms with E-state index in [2.05, 4.69) is 10.3 Å². The summed E-state index contributed by atoms with van der Waals surface area (Å²) in [4.78, 5) is 28.3. The second-order valence-corrected chi connectivity index (χ2v) is 7.23. The zero-order valence-electron chi connectivity index (χ0n) is 16.5. The molecule has 0 unspecified atom stereocenters. The number of nitro benzene ring substituents is 1. The van der Waals surface area contributed by atoms with Crippen LogP contribution < -0.4 is 19.5 Å². The monoisotopic (exact) mass is 417 g/mol. The maximum atomic E-state index is 12.9. The third kappa shape index (κ3) is 3.66. The molecular formula is C19H19N3O6S. The van der Waals surface area contributed by atoms with Crippen LogP contribution in [0, 0.1) is 24.0 Å². The van der Waals surface area contributed by atoms with Crippen LogP contribution in [0.4, 0.5) is 10.8 Å². The van der Waals surface area contributed by atoms with Crippen LogP contribution in [0.25, 0.3) is 10.2 Å². The summed E-state index contributed by atoms with van der Waals surface area (Å²) in [5, 5.41) is 14.7. The first kappa shape index (κ1) is 20.3. The molecule has 0 spiro atoms. The van der Waals surface area contributed by atoms with Crippen molar-refractivity contribution in [3.63, 3.8) is 0 Å². The molecular weight excluding hydrogens is 398 g/mol. The number of methoxy groups -OCH3 is 3. The van der Waals surface area contributed by atoms with E-state index in [0.717, 1.165) is 21.3 Å². The fraction of sp³-hybridized carbons (Fsp3) is 0.263. The summed E-state index contributed by atoms with van der Waals surface area (Å²) < 4.78 is 16.4. The van der Waals surface area contributed by atoms with E-state index < -0.39 is 16.5 Å². The van der Waals surface area contributed by atoms with Crippen LogP contribution >= 0.6 is 11.3 Å². The molecule has 0 fully saturated rings. The summed E-state index contributed by atoms with van der Waals surface area (Å²) in [6.45, 7) is 3.91. The lowest BCUT2D eigenvalue weighted by Crippen LogP contribution is -2.15. The van der Waals surface area contributed by atoms with E-state index in [1.807, 2.05) is 26.0 Å². The Hall–Kier alpha value is -3.40. The lowest BCUT2D eigenvalue weighted by molar-refractivity contribution is -0.386. The highest BCUT2D eigenvalue weighted by molar-refractivity contribution is 7.22. The number of hydrogen-bond acceptors (Lipinski definition) is 8.